The molecule has 1 N–H and O–H groups in total. The molecule has 1 rings (SSSR count). The van der Waals surface area contributed by atoms with Crippen LogP contribution in [0.2, 0.25) is 0 Å². The quantitative estimate of drug-likeness (QED) is 0.866. The van der Waals surface area contributed by atoms with E-state index in [-0.39, 0.29) is 11.3 Å². The minimum atomic E-state index is -4.46. The highest BCUT2D eigenvalue weighted by atomic mass is 19.4. The topological polar surface area (TPSA) is 52.9 Å². The number of anilines is 1. The first-order valence-electron chi connectivity index (χ1n) is 4.70. The monoisotopic (exact) mass is 242 g/mol. The molecule has 0 fully saturated rings. The second-order valence-electron chi connectivity index (χ2n) is 3.36. The highest BCUT2D eigenvalue weighted by molar-refractivity contribution is 5.92. The summed E-state index contributed by atoms with van der Waals surface area (Å²) in [6.45, 7) is 1.27. The van der Waals surface area contributed by atoms with Crippen molar-refractivity contribution in [3.8, 4) is 6.07 Å². The van der Waals surface area contributed by atoms with Gasteiger partial charge in [0.05, 0.1) is 11.6 Å². The lowest BCUT2D eigenvalue weighted by atomic mass is 10.1. The molecule has 17 heavy (non-hydrogen) atoms. The molecule has 0 heterocycles. The number of amides is 1. The van der Waals surface area contributed by atoms with Crippen molar-refractivity contribution in [2.75, 3.05) is 5.32 Å². The van der Waals surface area contributed by atoms with Crippen LogP contribution in [0.5, 0.6) is 0 Å². The summed E-state index contributed by atoms with van der Waals surface area (Å²) in [5.41, 5.74) is -0.793. The van der Waals surface area contributed by atoms with E-state index < -0.39 is 24.1 Å². The molecule has 6 heteroatoms. The SMILES string of the molecule is Cc1c(NC(=O)CC#N)cccc1C(F)(F)F. The predicted molar refractivity (Wildman–Crippen MR) is 55.0 cm³/mol. The Morgan fingerprint density at radius 3 is 2.65 bits per heavy atom. The van der Waals surface area contributed by atoms with Crippen LogP contribution < -0.4 is 5.32 Å². The Morgan fingerprint density at radius 1 is 1.47 bits per heavy atom. The summed E-state index contributed by atoms with van der Waals surface area (Å²) >= 11 is 0. The molecule has 90 valence electrons. The highest BCUT2D eigenvalue weighted by Crippen LogP contribution is 2.34. The van der Waals surface area contributed by atoms with E-state index in [9.17, 15) is 18.0 Å². The minimum Gasteiger partial charge on any atom is -0.325 e. The summed E-state index contributed by atoms with van der Waals surface area (Å²) < 4.78 is 37.6. The summed E-state index contributed by atoms with van der Waals surface area (Å²) in [5.74, 6) is -0.630. The van der Waals surface area contributed by atoms with Crippen LogP contribution in [-0.4, -0.2) is 5.91 Å². The van der Waals surface area contributed by atoms with Crippen LogP contribution in [0.25, 0.3) is 0 Å². The van der Waals surface area contributed by atoms with Crippen LogP contribution >= 0.6 is 0 Å². The number of carbonyl (C=O) groups excluding carboxylic acids is 1. The minimum absolute atomic E-state index is 0.0636. The van der Waals surface area contributed by atoms with Crippen molar-refractivity contribution in [2.24, 2.45) is 0 Å². The molecule has 0 saturated carbocycles. The maximum absolute atomic E-state index is 12.5. The van der Waals surface area contributed by atoms with Crippen molar-refractivity contribution in [1.82, 2.24) is 0 Å². The lowest BCUT2D eigenvalue weighted by Gasteiger charge is -2.13. The molecule has 0 aliphatic carbocycles. The molecule has 0 aliphatic heterocycles. The Hall–Kier alpha value is -2.03. The van der Waals surface area contributed by atoms with E-state index >= 15 is 0 Å². The molecular weight excluding hydrogens is 233 g/mol. The zero-order valence-corrected chi connectivity index (χ0v) is 8.93. The zero-order valence-electron chi connectivity index (χ0n) is 8.93. The summed E-state index contributed by atoms with van der Waals surface area (Å²) in [5, 5.41) is 10.5. The number of halogens is 3. The van der Waals surface area contributed by atoms with E-state index in [1.54, 1.807) is 6.07 Å². The number of alkyl halides is 3. The highest BCUT2D eigenvalue weighted by Gasteiger charge is 2.32. The van der Waals surface area contributed by atoms with Crippen LogP contribution in [0, 0.1) is 18.3 Å². The first kappa shape index (κ1) is 13.0. The van der Waals surface area contributed by atoms with E-state index in [4.69, 9.17) is 5.26 Å². The molecule has 0 spiro atoms. The van der Waals surface area contributed by atoms with Gasteiger partial charge in [0.25, 0.3) is 0 Å². The molecule has 0 radical (unpaired) electrons. The molecule has 0 atom stereocenters. The number of hydrogen-bond acceptors (Lipinski definition) is 2. The summed E-state index contributed by atoms with van der Waals surface area (Å²) in [6, 6.07) is 5.12. The Labute approximate surface area is 95.9 Å². The van der Waals surface area contributed by atoms with E-state index in [2.05, 4.69) is 5.32 Å². The fourth-order valence-electron chi connectivity index (χ4n) is 1.34. The smallest absolute Gasteiger partial charge is 0.325 e. The molecule has 1 aromatic rings. The van der Waals surface area contributed by atoms with Gasteiger partial charge in [-0.3, -0.25) is 4.79 Å². The standard InChI is InChI=1S/C11H9F3N2O/c1-7-8(11(12,13)14)3-2-4-9(7)16-10(17)5-6-15/h2-4H,5H2,1H3,(H,16,17). The Morgan fingerprint density at radius 2 is 2.12 bits per heavy atom. The Bertz CT molecular complexity index is 475. The second kappa shape index (κ2) is 4.87. The molecule has 1 aromatic carbocycles. The lowest BCUT2D eigenvalue weighted by molar-refractivity contribution is -0.138. The molecule has 0 bridgehead atoms. The Balaban J connectivity index is 3.04. The summed E-state index contributed by atoms with van der Waals surface area (Å²) in [6.07, 6.45) is -4.85. The van der Waals surface area contributed by atoms with Gasteiger partial charge in [-0.2, -0.15) is 18.4 Å². The number of carbonyl (C=O) groups is 1. The van der Waals surface area contributed by atoms with Gasteiger partial charge in [-0.25, -0.2) is 0 Å². The van der Waals surface area contributed by atoms with E-state index in [0.29, 0.717) is 0 Å². The molecule has 3 nitrogen and oxygen atoms in total. The number of nitrogens with zero attached hydrogens (tertiary/aromatic N) is 1. The average molecular weight is 242 g/mol. The van der Waals surface area contributed by atoms with Gasteiger partial charge in [-0.05, 0) is 24.6 Å². The van der Waals surface area contributed by atoms with Crippen LogP contribution in [0.1, 0.15) is 17.5 Å². The molecule has 1 amide bonds. The van der Waals surface area contributed by atoms with Crippen molar-refractivity contribution >= 4 is 11.6 Å². The van der Waals surface area contributed by atoms with Crippen molar-refractivity contribution in [1.29, 1.82) is 5.26 Å². The van der Waals surface area contributed by atoms with E-state index in [1.165, 1.54) is 19.1 Å². The van der Waals surface area contributed by atoms with Gasteiger partial charge < -0.3 is 5.32 Å². The van der Waals surface area contributed by atoms with Gasteiger partial charge in [-0.1, -0.05) is 6.07 Å². The molecular formula is C11H9F3N2O. The van der Waals surface area contributed by atoms with Crippen LogP contribution in [0.15, 0.2) is 18.2 Å². The van der Waals surface area contributed by atoms with Gasteiger partial charge in [0, 0.05) is 5.69 Å². The third-order valence-electron chi connectivity index (χ3n) is 2.15. The number of benzene rings is 1. The Kier molecular flexibility index (Phi) is 3.73. The number of nitrogens with one attached hydrogen (secondary N) is 1. The normalized spacial score (nSPS) is 10.8. The summed E-state index contributed by atoms with van der Waals surface area (Å²) in [7, 11) is 0. The fraction of sp³-hybridized carbons (Fsp3) is 0.273. The van der Waals surface area contributed by atoms with Crippen molar-refractivity contribution in [2.45, 2.75) is 19.5 Å². The fourth-order valence-corrected chi connectivity index (χ4v) is 1.34. The third-order valence-corrected chi connectivity index (χ3v) is 2.15. The number of rotatable bonds is 2. The maximum atomic E-state index is 12.5. The molecule has 0 aliphatic rings. The average Bonchev–Trinajstić information content (AvgIpc) is 2.19. The molecule has 0 saturated heterocycles. The maximum Gasteiger partial charge on any atom is 0.416 e. The van der Waals surface area contributed by atoms with Gasteiger partial charge >= 0.3 is 6.18 Å². The van der Waals surface area contributed by atoms with Gasteiger partial charge in [0.2, 0.25) is 5.91 Å². The van der Waals surface area contributed by atoms with Crippen molar-refractivity contribution < 1.29 is 18.0 Å². The first-order chi connectivity index (χ1) is 7.86. The van der Waals surface area contributed by atoms with Gasteiger partial charge in [-0.15, -0.1) is 0 Å². The predicted octanol–water partition coefficient (Wildman–Crippen LogP) is 2.87. The second-order valence-corrected chi connectivity index (χ2v) is 3.36. The third kappa shape index (κ3) is 3.21. The first-order valence-corrected chi connectivity index (χ1v) is 4.70. The van der Waals surface area contributed by atoms with Crippen LogP contribution in [0.3, 0.4) is 0 Å². The number of nitriles is 1. The molecule has 0 aromatic heterocycles. The van der Waals surface area contributed by atoms with E-state index in [0.717, 1.165) is 6.07 Å². The van der Waals surface area contributed by atoms with E-state index in [1.807, 2.05) is 0 Å². The molecule has 0 unspecified atom stereocenters. The van der Waals surface area contributed by atoms with Crippen LogP contribution in [-0.2, 0) is 11.0 Å². The zero-order chi connectivity index (χ0) is 13.1. The lowest BCUT2D eigenvalue weighted by Crippen LogP contribution is -2.14. The van der Waals surface area contributed by atoms with Gasteiger partial charge in [0.15, 0.2) is 0 Å². The van der Waals surface area contributed by atoms with Crippen molar-refractivity contribution in [3.05, 3.63) is 29.3 Å². The number of hydrogen-bond donors (Lipinski definition) is 1. The summed E-state index contributed by atoms with van der Waals surface area (Å²) in [4.78, 5) is 11.1. The van der Waals surface area contributed by atoms with Gasteiger partial charge in [0.1, 0.15) is 6.42 Å². The van der Waals surface area contributed by atoms with Crippen molar-refractivity contribution in [3.63, 3.8) is 0 Å². The largest absolute Gasteiger partial charge is 0.416 e. The van der Waals surface area contributed by atoms with Crippen LogP contribution in [0.4, 0.5) is 18.9 Å².